The predicted molar refractivity (Wildman–Crippen MR) is 61.4 cm³/mol. The molecule has 1 nitrogen and oxygen atoms in total. The van der Waals surface area contributed by atoms with Crippen LogP contribution in [0.3, 0.4) is 0 Å². The Kier molecular flexibility index (Phi) is 3.32. The Morgan fingerprint density at radius 2 is 1.93 bits per heavy atom. The van der Waals surface area contributed by atoms with Crippen LogP contribution < -0.4 is 5.73 Å². The van der Waals surface area contributed by atoms with Gasteiger partial charge >= 0.3 is 0 Å². The summed E-state index contributed by atoms with van der Waals surface area (Å²) in [5.74, 6) is -0.424. The lowest BCUT2D eigenvalue weighted by Crippen LogP contribution is -2.07. The van der Waals surface area contributed by atoms with E-state index in [1.807, 2.05) is 20.8 Å². The zero-order chi connectivity index (χ0) is 10.9. The summed E-state index contributed by atoms with van der Waals surface area (Å²) in [6, 6.07) is 2.83. The zero-order valence-electron chi connectivity index (χ0n) is 8.40. The molecule has 0 aliphatic carbocycles. The molecule has 0 fully saturated rings. The van der Waals surface area contributed by atoms with Gasteiger partial charge in [0.1, 0.15) is 5.82 Å². The van der Waals surface area contributed by atoms with Gasteiger partial charge in [0.15, 0.2) is 0 Å². The lowest BCUT2D eigenvalue weighted by Gasteiger charge is -2.18. The molecule has 0 spiro atoms. The van der Waals surface area contributed by atoms with Crippen molar-refractivity contribution in [2.45, 2.75) is 30.4 Å². The number of nitrogens with two attached hydrogens (primary N) is 1. The van der Waals surface area contributed by atoms with E-state index < -0.39 is 5.82 Å². The lowest BCUT2D eigenvalue weighted by molar-refractivity contribution is 0.625. The van der Waals surface area contributed by atoms with Crippen molar-refractivity contribution in [3.05, 3.63) is 23.0 Å². The summed E-state index contributed by atoms with van der Waals surface area (Å²) in [5, 5.41) is 0.0701. The molecule has 78 valence electrons. The molecule has 14 heavy (non-hydrogen) atoms. The van der Waals surface area contributed by atoms with Crippen LogP contribution in [0.1, 0.15) is 20.8 Å². The largest absolute Gasteiger partial charge is 0.398 e. The van der Waals surface area contributed by atoms with Crippen LogP contribution in [0.25, 0.3) is 0 Å². The summed E-state index contributed by atoms with van der Waals surface area (Å²) in [6.07, 6.45) is 0. The molecule has 0 aliphatic heterocycles. The molecular weight excluding hydrogens is 221 g/mol. The first-order valence-electron chi connectivity index (χ1n) is 4.23. The molecule has 0 heterocycles. The van der Waals surface area contributed by atoms with E-state index in [0.29, 0.717) is 5.69 Å². The van der Waals surface area contributed by atoms with Crippen LogP contribution in [0.15, 0.2) is 17.0 Å². The smallest absolute Gasteiger partial charge is 0.143 e. The number of benzene rings is 1. The monoisotopic (exact) mass is 233 g/mol. The van der Waals surface area contributed by atoms with E-state index in [1.54, 1.807) is 0 Å². The third-order valence-corrected chi connectivity index (χ3v) is 2.94. The van der Waals surface area contributed by atoms with E-state index in [9.17, 15) is 4.39 Å². The third kappa shape index (κ3) is 3.07. The maximum absolute atomic E-state index is 13.1. The fraction of sp³-hybridized carbons (Fsp3) is 0.400. The molecule has 0 amide bonds. The van der Waals surface area contributed by atoms with Crippen molar-refractivity contribution in [1.82, 2.24) is 0 Å². The first kappa shape index (κ1) is 11.7. The molecular formula is C10H13ClFNS. The second kappa shape index (κ2) is 3.99. The molecule has 0 saturated carbocycles. The van der Waals surface area contributed by atoms with E-state index in [4.69, 9.17) is 17.3 Å². The number of rotatable bonds is 1. The Hall–Kier alpha value is -0.410. The number of halogens is 2. The van der Waals surface area contributed by atoms with Crippen LogP contribution in [0.4, 0.5) is 10.1 Å². The lowest BCUT2D eigenvalue weighted by atomic mass is 10.3. The summed E-state index contributed by atoms with van der Waals surface area (Å²) in [4.78, 5) is 0.736. The van der Waals surface area contributed by atoms with Crippen LogP contribution in [0, 0.1) is 5.82 Å². The quantitative estimate of drug-likeness (QED) is 0.587. The van der Waals surface area contributed by atoms with Crippen molar-refractivity contribution < 1.29 is 4.39 Å². The van der Waals surface area contributed by atoms with Crippen LogP contribution in [-0.4, -0.2) is 4.75 Å². The van der Waals surface area contributed by atoms with Gasteiger partial charge in [0.2, 0.25) is 0 Å². The normalized spacial score (nSPS) is 11.8. The van der Waals surface area contributed by atoms with Gasteiger partial charge in [-0.1, -0.05) is 32.4 Å². The van der Waals surface area contributed by atoms with Crippen molar-refractivity contribution in [3.8, 4) is 0 Å². The minimum atomic E-state index is -0.424. The summed E-state index contributed by atoms with van der Waals surface area (Å²) in [6.45, 7) is 6.14. The Morgan fingerprint density at radius 1 is 1.36 bits per heavy atom. The molecule has 1 aromatic carbocycles. The number of hydrogen-bond acceptors (Lipinski definition) is 2. The van der Waals surface area contributed by atoms with Gasteiger partial charge in [-0.2, -0.15) is 0 Å². The molecule has 2 N–H and O–H groups in total. The molecule has 0 aliphatic rings. The van der Waals surface area contributed by atoms with Crippen molar-refractivity contribution in [3.63, 3.8) is 0 Å². The molecule has 0 radical (unpaired) electrons. The maximum atomic E-state index is 13.1. The minimum Gasteiger partial charge on any atom is -0.398 e. The minimum absolute atomic E-state index is 0.00832. The van der Waals surface area contributed by atoms with Crippen molar-refractivity contribution in [2.75, 3.05) is 5.73 Å². The van der Waals surface area contributed by atoms with Crippen LogP contribution in [0.2, 0.25) is 5.02 Å². The summed E-state index contributed by atoms with van der Waals surface area (Å²) in [5.41, 5.74) is 6.25. The van der Waals surface area contributed by atoms with E-state index in [-0.39, 0.29) is 9.77 Å². The Balaban J connectivity index is 3.04. The first-order valence-corrected chi connectivity index (χ1v) is 5.42. The van der Waals surface area contributed by atoms with E-state index >= 15 is 0 Å². The summed E-state index contributed by atoms with van der Waals surface area (Å²) < 4.78 is 13.1. The summed E-state index contributed by atoms with van der Waals surface area (Å²) >= 11 is 7.12. The van der Waals surface area contributed by atoms with Gasteiger partial charge in [0.05, 0.1) is 5.02 Å². The van der Waals surface area contributed by atoms with Crippen LogP contribution in [-0.2, 0) is 0 Å². The van der Waals surface area contributed by atoms with Gasteiger partial charge < -0.3 is 5.73 Å². The molecule has 0 bridgehead atoms. The Labute approximate surface area is 92.8 Å². The molecule has 0 saturated heterocycles. The fourth-order valence-electron chi connectivity index (χ4n) is 0.962. The summed E-state index contributed by atoms with van der Waals surface area (Å²) in [7, 11) is 0. The van der Waals surface area contributed by atoms with Crippen LogP contribution in [0.5, 0.6) is 0 Å². The third-order valence-electron chi connectivity index (χ3n) is 1.47. The highest BCUT2D eigenvalue weighted by Gasteiger charge is 2.15. The second-order valence-electron chi connectivity index (χ2n) is 4.02. The first-order chi connectivity index (χ1) is 6.29. The maximum Gasteiger partial charge on any atom is 0.143 e. The SMILES string of the molecule is CC(C)(C)Sc1cc(F)c(Cl)cc1N. The van der Waals surface area contributed by atoms with E-state index in [0.717, 1.165) is 4.90 Å². The second-order valence-corrected chi connectivity index (χ2v) is 6.29. The van der Waals surface area contributed by atoms with Crippen LogP contribution >= 0.6 is 23.4 Å². The average molecular weight is 234 g/mol. The molecule has 0 aromatic heterocycles. The molecule has 0 unspecified atom stereocenters. The number of nitrogen functional groups attached to an aromatic ring is 1. The Morgan fingerprint density at radius 3 is 2.43 bits per heavy atom. The molecule has 4 heteroatoms. The Bertz CT molecular complexity index is 347. The van der Waals surface area contributed by atoms with E-state index in [1.165, 1.54) is 23.9 Å². The predicted octanol–water partition coefficient (Wildman–Crippen LogP) is 3.95. The van der Waals surface area contributed by atoms with Crippen molar-refractivity contribution >= 4 is 29.1 Å². The van der Waals surface area contributed by atoms with Gasteiger partial charge in [-0.3, -0.25) is 0 Å². The van der Waals surface area contributed by atoms with Gasteiger partial charge in [0.25, 0.3) is 0 Å². The number of hydrogen-bond donors (Lipinski definition) is 1. The number of anilines is 1. The van der Waals surface area contributed by atoms with Gasteiger partial charge in [-0.05, 0) is 12.1 Å². The highest BCUT2D eigenvalue weighted by Crippen LogP contribution is 2.37. The average Bonchev–Trinajstić information content (AvgIpc) is 1.97. The molecule has 1 aromatic rings. The zero-order valence-corrected chi connectivity index (χ0v) is 9.97. The highest BCUT2D eigenvalue weighted by atomic mass is 35.5. The van der Waals surface area contributed by atoms with Gasteiger partial charge in [-0.15, -0.1) is 11.8 Å². The van der Waals surface area contributed by atoms with Crippen molar-refractivity contribution in [2.24, 2.45) is 0 Å². The van der Waals surface area contributed by atoms with Gasteiger partial charge in [-0.25, -0.2) is 4.39 Å². The standard InChI is InChI=1S/C10H13ClFNS/c1-10(2,3)14-9-5-7(12)6(11)4-8(9)13/h4-5H,13H2,1-3H3. The number of thioether (sulfide) groups is 1. The molecule has 1 rings (SSSR count). The molecule has 0 atom stereocenters. The van der Waals surface area contributed by atoms with E-state index in [2.05, 4.69) is 0 Å². The highest BCUT2D eigenvalue weighted by molar-refractivity contribution is 8.00. The van der Waals surface area contributed by atoms with Crippen molar-refractivity contribution in [1.29, 1.82) is 0 Å². The topological polar surface area (TPSA) is 26.0 Å². The fourth-order valence-corrected chi connectivity index (χ4v) is 2.13. The van der Waals surface area contributed by atoms with Gasteiger partial charge in [0, 0.05) is 15.3 Å².